The summed E-state index contributed by atoms with van der Waals surface area (Å²) in [5.74, 6) is 1.70. The van der Waals surface area contributed by atoms with Gasteiger partial charge in [-0.25, -0.2) is 0 Å². The summed E-state index contributed by atoms with van der Waals surface area (Å²) in [4.78, 5) is 4.63. The van der Waals surface area contributed by atoms with Gasteiger partial charge in [0.25, 0.3) is 0 Å². The van der Waals surface area contributed by atoms with Gasteiger partial charge in [-0.15, -0.1) is 24.0 Å². The number of aromatic nitrogens is 2. The third-order valence-electron chi connectivity index (χ3n) is 3.50. The van der Waals surface area contributed by atoms with Crippen LogP contribution in [-0.2, 0) is 6.54 Å². The quantitative estimate of drug-likeness (QED) is 0.270. The first-order valence-electron chi connectivity index (χ1n) is 8.56. The highest BCUT2D eigenvalue weighted by Gasteiger charge is 2.01. The maximum absolute atomic E-state index is 4.63. The minimum atomic E-state index is 0. The summed E-state index contributed by atoms with van der Waals surface area (Å²) in [6.45, 7) is 14.4. The van der Waals surface area contributed by atoms with Gasteiger partial charge >= 0.3 is 0 Å². The molecule has 1 aromatic rings. The van der Waals surface area contributed by atoms with Crippen LogP contribution in [0.5, 0.6) is 0 Å². The second-order valence-electron chi connectivity index (χ2n) is 6.23. The molecule has 0 bridgehead atoms. The number of hydrogen-bond acceptors (Lipinski definition) is 2. The lowest BCUT2D eigenvalue weighted by Gasteiger charge is -2.12. The summed E-state index contributed by atoms with van der Waals surface area (Å²) in [6.07, 6.45) is 3.45. The molecule has 0 spiro atoms. The zero-order valence-electron chi connectivity index (χ0n) is 15.4. The van der Waals surface area contributed by atoms with E-state index >= 15 is 0 Å². The first-order chi connectivity index (χ1) is 10.5. The topological polar surface area (TPSA) is 54.2 Å². The molecule has 0 atom stereocenters. The summed E-state index contributed by atoms with van der Waals surface area (Å²) < 4.78 is 2.06. The van der Waals surface area contributed by atoms with Gasteiger partial charge in [-0.1, -0.05) is 13.8 Å². The summed E-state index contributed by atoms with van der Waals surface area (Å²) in [5, 5.41) is 11.2. The molecule has 5 nitrogen and oxygen atoms in total. The van der Waals surface area contributed by atoms with Gasteiger partial charge in [0.15, 0.2) is 5.96 Å². The van der Waals surface area contributed by atoms with Gasteiger partial charge in [0.2, 0.25) is 0 Å². The molecule has 6 heteroatoms. The molecule has 0 aliphatic rings. The average molecular weight is 435 g/mol. The molecule has 1 heterocycles. The predicted molar refractivity (Wildman–Crippen MR) is 110 cm³/mol. The lowest BCUT2D eigenvalue weighted by Crippen LogP contribution is -2.38. The molecule has 1 aromatic heterocycles. The van der Waals surface area contributed by atoms with Crippen molar-refractivity contribution >= 4 is 29.9 Å². The third-order valence-corrected chi connectivity index (χ3v) is 3.50. The van der Waals surface area contributed by atoms with E-state index in [1.165, 1.54) is 18.5 Å². The van der Waals surface area contributed by atoms with Crippen molar-refractivity contribution < 1.29 is 0 Å². The summed E-state index contributed by atoms with van der Waals surface area (Å²) in [7, 11) is 0. The van der Waals surface area contributed by atoms with Crippen molar-refractivity contribution in [2.45, 2.75) is 60.4 Å². The number of rotatable bonds is 9. The second kappa shape index (κ2) is 12.6. The Balaban J connectivity index is 0.00000484. The maximum atomic E-state index is 4.63. The van der Waals surface area contributed by atoms with Gasteiger partial charge in [-0.3, -0.25) is 9.67 Å². The Hall–Kier alpha value is -0.790. The van der Waals surface area contributed by atoms with E-state index < -0.39 is 0 Å². The Morgan fingerprint density at radius 3 is 2.57 bits per heavy atom. The number of guanidine groups is 1. The summed E-state index contributed by atoms with van der Waals surface area (Å²) in [5.41, 5.74) is 2.31. The first kappa shape index (κ1) is 22.2. The lowest BCUT2D eigenvalue weighted by atomic mass is 10.1. The Morgan fingerprint density at radius 2 is 2.00 bits per heavy atom. The van der Waals surface area contributed by atoms with Crippen molar-refractivity contribution in [2.75, 3.05) is 19.6 Å². The van der Waals surface area contributed by atoms with Crippen molar-refractivity contribution in [3.8, 4) is 0 Å². The van der Waals surface area contributed by atoms with Crippen LogP contribution in [-0.4, -0.2) is 35.4 Å². The van der Waals surface area contributed by atoms with E-state index in [-0.39, 0.29) is 24.0 Å². The van der Waals surface area contributed by atoms with Crippen LogP contribution in [0, 0.1) is 19.8 Å². The molecule has 2 N–H and O–H groups in total. The number of aryl methyl sites for hydroxylation is 3. The van der Waals surface area contributed by atoms with Gasteiger partial charge in [0.1, 0.15) is 0 Å². The van der Waals surface area contributed by atoms with Crippen molar-refractivity contribution in [2.24, 2.45) is 10.9 Å². The van der Waals surface area contributed by atoms with Crippen LogP contribution in [0.15, 0.2) is 11.1 Å². The van der Waals surface area contributed by atoms with E-state index in [2.05, 4.69) is 59.2 Å². The fourth-order valence-corrected chi connectivity index (χ4v) is 2.37. The van der Waals surface area contributed by atoms with Crippen molar-refractivity contribution in [3.05, 3.63) is 17.5 Å². The minimum Gasteiger partial charge on any atom is -0.357 e. The highest BCUT2D eigenvalue weighted by Crippen LogP contribution is 2.03. The molecule has 0 aliphatic heterocycles. The number of nitrogens with one attached hydrogen (secondary N) is 2. The normalized spacial score (nSPS) is 11.5. The Kier molecular flexibility index (Phi) is 12.2. The molecular formula is C17H34IN5. The molecule has 0 saturated carbocycles. The van der Waals surface area contributed by atoms with E-state index in [4.69, 9.17) is 0 Å². The fraction of sp³-hybridized carbons (Fsp3) is 0.765. The lowest BCUT2D eigenvalue weighted by molar-refractivity contribution is 0.548. The molecule has 0 unspecified atom stereocenters. The third kappa shape index (κ3) is 9.84. The molecule has 0 fully saturated rings. The van der Waals surface area contributed by atoms with Crippen LogP contribution in [0.4, 0.5) is 0 Å². The van der Waals surface area contributed by atoms with Crippen molar-refractivity contribution in [1.82, 2.24) is 20.4 Å². The van der Waals surface area contributed by atoms with Gasteiger partial charge in [0.05, 0.1) is 5.69 Å². The maximum Gasteiger partial charge on any atom is 0.191 e. The highest BCUT2D eigenvalue weighted by molar-refractivity contribution is 14.0. The van der Waals surface area contributed by atoms with Crippen LogP contribution in [0.3, 0.4) is 0 Å². The number of hydrogen-bond donors (Lipinski definition) is 2. The van der Waals surface area contributed by atoms with Crippen LogP contribution < -0.4 is 10.6 Å². The van der Waals surface area contributed by atoms with Crippen LogP contribution >= 0.6 is 24.0 Å². The molecule has 0 aromatic carbocycles. The Bertz CT molecular complexity index is 454. The zero-order chi connectivity index (χ0) is 16.4. The zero-order valence-corrected chi connectivity index (χ0v) is 17.7. The molecule has 0 radical (unpaired) electrons. The molecule has 0 amide bonds. The first-order valence-corrected chi connectivity index (χ1v) is 8.56. The highest BCUT2D eigenvalue weighted by atomic mass is 127. The van der Waals surface area contributed by atoms with E-state index in [1.54, 1.807) is 0 Å². The smallest absolute Gasteiger partial charge is 0.191 e. The predicted octanol–water partition coefficient (Wildman–Crippen LogP) is 3.50. The second-order valence-corrected chi connectivity index (χ2v) is 6.23. The molecule has 1 rings (SSSR count). The molecule has 134 valence electrons. The van der Waals surface area contributed by atoms with E-state index in [0.29, 0.717) is 0 Å². The largest absolute Gasteiger partial charge is 0.357 e. The number of halogens is 1. The molecule has 0 aliphatic carbocycles. The Morgan fingerprint density at radius 1 is 1.26 bits per heavy atom. The molecule has 0 saturated heterocycles. The van der Waals surface area contributed by atoms with Crippen LogP contribution in [0.2, 0.25) is 0 Å². The molecule has 23 heavy (non-hydrogen) atoms. The van der Waals surface area contributed by atoms with Crippen LogP contribution in [0.1, 0.15) is 51.4 Å². The average Bonchev–Trinajstić information content (AvgIpc) is 2.77. The van der Waals surface area contributed by atoms with Crippen LogP contribution in [0.25, 0.3) is 0 Å². The minimum absolute atomic E-state index is 0. The standard InChI is InChI=1S/C17H33N5.HI/c1-6-18-17(19-10-7-9-14(2)3)20-11-8-12-22-16(5)13-15(4)21-22;/h13-14H,6-12H2,1-5H3,(H2,18,19,20);1H. The number of aliphatic imine (C=N–C) groups is 1. The SMILES string of the molecule is CCNC(=NCCCn1nc(C)cc1C)NCCCC(C)C.I. The van der Waals surface area contributed by atoms with E-state index in [9.17, 15) is 0 Å². The molecular weight excluding hydrogens is 401 g/mol. The van der Waals surface area contributed by atoms with Gasteiger partial charge in [0, 0.05) is 31.9 Å². The van der Waals surface area contributed by atoms with Crippen molar-refractivity contribution in [1.29, 1.82) is 0 Å². The van der Waals surface area contributed by atoms with E-state index in [1.807, 2.05) is 6.92 Å². The number of nitrogens with zero attached hydrogens (tertiary/aromatic N) is 3. The Labute approximate surface area is 158 Å². The summed E-state index contributed by atoms with van der Waals surface area (Å²) in [6, 6.07) is 2.11. The summed E-state index contributed by atoms with van der Waals surface area (Å²) >= 11 is 0. The van der Waals surface area contributed by atoms with Crippen molar-refractivity contribution in [3.63, 3.8) is 0 Å². The monoisotopic (exact) mass is 435 g/mol. The van der Waals surface area contributed by atoms with E-state index in [0.717, 1.165) is 50.2 Å². The van der Waals surface area contributed by atoms with Gasteiger partial charge in [-0.2, -0.15) is 5.10 Å². The van der Waals surface area contributed by atoms with Gasteiger partial charge in [-0.05, 0) is 52.0 Å². The fourth-order valence-electron chi connectivity index (χ4n) is 2.37. The van der Waals surface area contributed by atoms with Gasteiger partial charge < -0.3 is 10.6 Å².